The lowest BCUT2D eigenvalue weighted by molar-refractivity contribution is -0.138. The maximum absolute atomic E-state index is 14.3. The van der Waals surface area contributed by atoms with Crippen molar-refractivity contribution in [2.45, 2.75) is 26.5 Å². The maximum atomic E-state index is 14.3. The first kappa shape index (κ1) is 35.8. The molecule has 1 aromatic heterocycles. The predicted octanol–water partition coefficient (Wildman–Crippen LogP) is 7.12. The summed E-state index contributed by atoms with van der Waals surface area (Å²) in [7, 11) is 1.54. The SMILES string of the molecule is CCOC(=O)C1=C(c2ccccc2)N=c2s/c(=C\c3cc(Br)c(OCc4ccc(C(=O)OCC)cc4)c(OC)c3)c(=O)n2[C@H]1c1ccc(Cl)cc1. The van der Waals surface area contributed by atoms with Gasteiger partial charge in [-0.3, -0.25) is 9.36 Å². The van der Waals surface area contributed by atoms with E-state index in [0.717, 1.165) is 11.1 Å². The molecule has 0 spiro atoms. The molecular weight excluding hydrogens is 756 g/mol. The second kappa shape index (κ2) is 15.9. The molecule has 1 aliphatic rings. The van der Waals surface area contributed by atoms with Crippen LogP contribution in [0.4, 0.5) is 0 Å². The molecule has 0 fully saturated rings. The molecule has 0 aliphatic carbocycles. The Labute approximate surface area is 311 Å². The minimum atomic E-state index is -0.821. The summed E-state index contributed by atoms with van der Waals surface area (Å²) in [6.45, 7) is 4.17. The van der Waals surface area contributed by atoms with Gasteiger partial charge in [-0.2, -0.15) is 0 Å². The number of benzene rings is 4. The van der Waals surface area contributed by atoms with Gasteiger partial charge in [0.25, 0.3) is 5.56 Å². The van der Waals surface area contributed by atoms with Gasteiger partial charge in [0.15, 0.2) is 16.3 Å². The highest BCUT2D eigenvalue weighted by Crippen LogP contribution is 2.38. The Morgan fingerprint density at radius 2 is 1.63 bits per heavy atom. The van der Waals surface area contributed by atoms with Crippen molar-refractivity contribution >= 4 is 62.6 Å². The lowest BCUT2D eigenvalue weighted by atomic mass is 9.93. The number of carbonyl (C=O) groups excluding carboxylic acids is 2. The molecule has 0 unspecified atom stereocenters. The molecule has 0 amide bonds. The summed E-state index contributed by atoms with van der Waals surface area (Å²) < 4.78 is 25.0. The lowest BCUT2D eigenvalue weighted by Crippen LogP contribution is -2.40. The van der Waals surface area contributed by atoms with Crippen molar-refractivity contribution in [3.05, 3.63) is 154 Å². The molecule has 12 heteroatoms. The smallest absolute Gasteiger partial charge is 0.338 e. The fraction of sp³-hybridized carbons (Fsp3) is 0.179. The molecule has 0 saturated heterocycles. The highest BCUT2D eigenvalue weighted by atomic mass is 79.9. The Morgan fingerprint density at radius 3 is 2.29 bits per heavy atom. The van der Waals surface area contributed by atoms with Crippen LogP contribution in [-0.2, 0) is 20.9 Å². The van der Waals surface area contributed by atoms with Crippen LogP contribution in [0.3, 0.4) is 0 Å². The van der Waals surface area contributed by atoms with Crippen molar-refractivity contribution in [2.24, 2.45) is 4.99 Å². The zero-order valence-corrected chi connectivity index (χ0v) is 31.0. The van der Waals surface area contributed by atoms with Gasteiger partial charge >= 0.3 is 11.9 Å². The molecule has 6 rings (SSSR count). The molecule has 1 aliphatic heterocycles. The number of esters is 2. The summed E-state index contributed by atoms with van der Waals surface area (Å²) in [5.41, 5.74) is 3.74. The predicted molar refractivity (Wildman–Crippen MR) is 200 cm³/mol. The quantitative estimate of drug-likeness (QED) is 0.131. The van der Waals surface area contributed by atoms with Crippen molar-refractivity contribution < 1.29 is 28.5 Å². The number of aromatic nitrogens is 1. The summed E-state index contributed by atoms with van der Waals surface area (Å²) >= 11 is 11.1. The van der Waals surface area contributed by atoms with Crippen LogP contribution < -0.4 is 24.4 Å². The average Bonchev–Trinajstić information content (AvgIpc) is 3.45. The summed E-state index contributed by atoms with van der Waals surface area (Å²) in [4.78, 5) is 45.3. The fourth-order valence-corrected chi connectivity index (χ4v) is 7.32. The molecule has 0 N–H and O–H groups in total. The summed E-state index contributed by atoms with van der Waals surface area (Å²) in [6.07, 6.45) is 1.75. The van der Waals surface area contributed by atoms with Crippen LogP contribution in [0.2, 0.25) is 5.02 Å². The molecule has 1 atom stereocenters. The van der Waals surface area contributed by atoms with Crippen LogP contribution in [0.15, 0.2) is 111 Å². The van der Waals surface area contributed by atoms with Crippen LogP contribution >= 0.6 is 38.9 Å². The first-order valence-electron chi connectivity index (χ1n) is 16.0. The third-order valence-electron chi connectivity index (χ3n) is 7.96. The van der Waals surface area contributed by atoms with E-state index in [2.05, 4.69) is 15.9 Å². The number of hydrogen-bond acceptors (Lipinski definition) is 9. The minimum Gasteiger partial charge on any atom is -0.493 e. The monoisotopic (exact) mass is 786 g/mol. The van der Waals surface area contributed by atoms with Gasteiger partial charge in [-0.15, -0.1) is 0 Å². The van der Waals surface area contributed by atoms with Crippen LogP contribution in [0.5, 0.6) is 11.5 Å². The highest BCUT2D eigenvalue weighted by Gasteiger charge is 2.35. The number of hydrogen-bond donors (Lipinski definition) is 0. The van der Waals surface area contributed by atoms with E-state index in [1.165, 1.54) is 23.0 Å². The molecule has 0 bridgehead atoms. The number of nitrogens with zero attached hydrogens (tertiary/aromatic N) is 2. The molecule has 260 valence electrons. The molecule has 0 saturated carbocycles. The second-order valence-electron chi connectivity index (χ2n) is 11.2. The number of ether oxygens (including phenoxy) is 4. The first-order chi connectivity index (χ1) is 24.7. The largest absolute Gasteiger partial charge is 0.493 e. The second-order valence-corrected chi connectivity index (χ2v) is 13.5. The minimum absolute atomic E-state index is 0.153. The van der Waals surface area contributed by atoms with Gasteiger partial charge in [-0.25, -0.2) is 14.6 Å². The van der Waals surface area contributed by atoms with Gasteiger partial charge in [0, 0.05) is 10.6 Å². The Balaban J connectivity index is 1.41. The van der Waals surface area contributed by atoms with Gasteiger partial charge in [0.05, 0.1) is 52.2 Å². The lowest BCUT2D eigenvalue weighted by Gasteiger charge is -2.25. The Hall–Kier alpha value is -4.97. The van der Waals surface area contributed by atoms with Crippen molar-refractivity contribution in [3.63, 3.8) is 0 Å². The Morgan fingerprint density at radius 1 is 0.941 bits per heavy atom. The van der Waals surface area contributed by atoms with Crippen LogP contribution in [-0.4, -0.2) is 36.8 Å². The van der Waals surface area contributed by atoms with E-state index in [0.29, 0.717) is 59.3 Å². The number of methoxy groups -OCH3 is 1. The third kappa shape index (κ3) is 7.70. The number of rotatable bonds is 11. The molecule has 5 aromatic rings. The third-order valence-corrected chi connectivity index (χ3v) is 9.78. The summed E-state index contributed by atoms with van der Waals surface area (Å²) in [6, 6.07) is 26.2. The van der Waals surface area contributed by atoms with E-state index in [4.69, 9.17) is 35.5 Å². The highest BCUT2D eigenvalue weighted by molar-refractivity contribution is 9.10. The topological polar surface area (TPSA) is 105 Å². The van der Waals surface area contributed by atoms with E-state index in [-0.39, 0.29) is 30.3 Å². The van der Waals surface area contributed by atoms with Gasteiger partial charge in [-0.05, 0) is 88.9 Å². The van der Waals surface area contributed by atoms with Crippen molar-refractivity contribution in [3.8, 4) is 11.5 Å². The molecular formula is C39H32BrClN2O7S. The maximum Gasteiger partial charge on any atom is 0.338 e. The van der Waals surface area contributed by atoms with E-state index in [1.54, 1.807) is 74.5 Å². The van der Waals surface area contributed by atoms with E-state index < -0.39 is 12.0 Å². The number of thiazole rings is 1. The molecule has 2 heterocycles. The van der Waals surface area contributed by atoms with Crippen molar-refractivity contribution in [1.29, 1.82) is 0 Å². The zero-order valence-electron chi connectivity index (χ0n) is 27.9. The van der Waals surface area contributed by atoms with E-state index >= 15 is 0 Å². The Kier molecular flexibility index (Phi) is 11.2. The van der Waals surface area contributed by atoms with Gasteiger partial charge in [0.2, 0.25) is 0 Å². The molecule has 9 nitrogen and oxygen atoms in total. The average molecular weight is 788 g/mol. The van der Waals surface area contributed by atoms with Crippen molar-refractivity contribution in [1.82, 2.24) is 4.57 Å². The first-order valence-corrected chi connectivity index (χ1v) is 18.0. The van der Waals surface area contributed by atoms with E-state index in [9.17, 15) is 14.4 Å². The molecule has 4 aromatic carbocycles. The molecule has 51 heavy (non-hydrogen) atoms. The van der Waals surface area contributed by atoms with Gasteiger partial charge in [0.1, 0.15) is 6.61 Å². The number of fused-ring (bicyclic) bond motifs is 1. The fourth-order valence-electron chi connectivity index (χ4n) is 5.62. The molecule has 0 radical (unpaired) electrons. The van der Waals surface area contributed by atoms with Crippen LogP contribution in [0.25, 0.3) is 11.8 Å². The Bertz CT molecular complexity index is 2300. The van der Waals surface area contributed by atoms with Crippen LogP contribution in [0, 0.1) is 0 Å². The standard InChI is InChI=1S/C39H32BrClN2O7S/c1-4-48-37(45)27-13-11-23(12-14-27)22-50-35-29(40)19-24(20-30(35)47-3)21-31-36(44)43-34(26-15-17-28(41)18-16-26)32(38(46)49-5-2)33(42-39(43)51-31)25-9-7-6-8-10-25/h6-21,34H,4-5,22H2,1-3H3/b31-21-/t34-/m0/s1. The van der Waals surface area contributed by atoms with Crippen LogP contribution in [0.1, 0.15) is 52.5 Å². The van der Waals surface area contributed by atoms with Gasteiger partial charge in [-0.1, -0.05) is 77.5 Å². The number of halogens is 2. The normalized spacial score (nSPS) is 14.1. The zero-order chi connectivity index (χ0) is 36.1. The summed E-state index contributed by atoms with van der Waals surface area (Å²) in [5.74, 6) is -0.0241. The number of carbonyl (C=O) groups is 2. The van der Waals surface area contributed by atoms with Gasteiger partial charge < -0.3 is 18.9 Å². The van der Waals surface area contributed by atoms with E-state index in [1.807, 2.05) is 36.4 Å². The summed E-state index contributed by atoms with van der Waals surface area (Å²) in [5, 5.41) is 0.523. The van der Waals surface area contributed by atoms with Crippen molar-refractivity contribution in [2.75, 3.05) is 20.3 Å².